The normalized spacial score (nSPS) is 10.6. The lowest BCUT2D eigenvalue weighted by molar-refractivity contribution is 0.0747. The monoisotopic (exact) mass is 317 g/mol. The average Bonchev–Trinajstić information content (AvgIpc) is 3.01. The molecule has 0 unspecified atom stereocenters. The van der Waals surface area contributed by atoms with Crippen molar-refractivity contribution in [3.05, 3.63) is 52.0 Å². The van der Waals surface area contributed by atoms with Gasteiger partial charge in [-0.05, 0) is 31.4 Å². The lowest BCUT2D eigenvalue weighted by Gasteiger charge is -2.22. The first kappa shape index (κ1) is 16.6. The summed E-state index contributed by atoms with van der Waals surface area (Å²) in [6.45, 7) is 3.99. The number of hydrogen-bond acceptors (Lipinski definition) is 4. The lowest BCUT2D eigenvalue weighted by atomic mass is 10.2. The van der Waals surface area contributed by atoms with E-state index in [0.29, 0.717) is 19.6 Å². The molecule has 0 aliphatic carbocycles. The van der Waals surface area contributed by atoms with Crippen LogP contribution < -0.4 is 5.73 Å². The second kappa shape index (κ2) is 8.66. The summed E-state index contributed by atoms with van der Waals surface area (Å²) in [5.41, 5.74) is 6.74. The second-order valence-electron chi connectivity index (χ2n) is 5.22. The quantitative estimate of drug-likeness (QED) is 0.814. The molecule has 1 heterocycles. The number of hydrogen-bond donors (Lipinski definition) is 1. The third-order valence-corrected chi connectivity index (χ3v) is 4.41. The van der Waals surface area contributed by atoms with E-state index in [1.807, 2.05) is 35.2 Å². The van der Waals surface area contributed by atoms with E-state index in [9.17, 15) is 4.79 Å². The largest absolute Gasteiger partial charge is 0.334 e. The molecule has 0 bridgehead atoms. The SMILES string of the molecule is CCCc1ncc(C(=O)N(CCCN)Cc2ccccc2)s1. The molecule has 0 saturated carbocycles. The third-order valence-electron chi connectivity index (χ3n) is 3.36. The number of aryl methyl sites for hydroxylation is 1. The fraction of sp³-hybridized carbons (Fsp3) is 0.412. The van der Waals surface area contributed by atoms with Crippen LogP contribution in [-0.2, 0) is 13.0 Å². The maximum Gasteiger partial charge on any atom is 0.265 e. The Hall–Kier alpha value is -1.72. The molecule has 0 aliphatic heterocycles. The zero-order chi connectivity index (χ0) is 15.8. The van der Waals surface area contributed by atoms with E-state index in [4.69, 9.17) is 5.73 Å². The van der Waals surface area contributed by atoms with Crippen molar-refractivity contribution in [3.63, 3.8) is 0 Å². The van der Waals surface area contributed by atoms with Crippen molar-refractivity contribution < 1.29 is 4.79 Å². The van der Waals surface area contributed by atoms with E-state index in [2.05, 4.69) is 11.9 Å². The molecule has 0 spiro atoms. The molecule has 22 heavy (non-hydrogen) atoms. The summed E-state index contributed by atoms with van der Waals surface area (Å²) in [7, 11) is 0. The number of carbonyl (C=O) groups is 1. The van der Waals surface area contributed by atoms with Gasteiger partial charge in [-0.25, -0.2) is 4.98 Å². The van der Waals surface area contributed by atoms with Crippen LogP contribution in [0, 0.1) is 0 Å². The number of carbonyl (C=O) groups excluding carboxylic acids is 1. The van der Waals surface area contributed by atoms with Gasteiger partial charge in [0.2, 0.25) is 0 Å². The maximum atomic E-state index is 12.7. The molecule has 1 amide bonds. The Labute approximate surface area is 136 Å². The number of rotatable bonds is 8. The Morgan fingerprint density at radius 3 is 2.77 bits per heavy atom. The molecule has 1 aromatic heterocycles. The van der Waals surface area contributed by atoms with Gasteiger partial charge < -0.3 is 10.6 Å². The van der Waals surface area contributed by atoms with E-state index in [0.717, 1.165) is 34.7 Å². The summed E-state index contributed by atoms with van der Waals surface area (Å²) in [6.07, 6.45) is 4.49. The zero-order valence-corrected chi connectivity index (χ0v) is 13.8. The smallest absolute Gasteiger partial charge is 0.265 e. The third kappa shape index (κ3) is 4.64. The van der Waals surface area contributed by atoms with Crippen molar-refractivity contribution >= 4 is 17.2 Å². The van der Waals surface area contributed by atoms with Crippen molar-refractivity contribution in [2.75, 3.05) is 13.1 Å². The highest BCUT2D eigenvalue weighted by Gasteiger charge is 2.18. The molecule has 0 saturated heterocycles. The molecule has 2 N–H and O–H groups in total. The highest BCUT2D eigenvalue weighted by atomic mass is 32.1. The van der Waals surface area contributed by atoms with Crippen LogP contribution in [0.5, 0.6) is 0 Å². The van der Waals surface area contributed by atoms with Crippen molar-refractivity contribution in [1.82, 2.24) is 9.88 Å². The van der Waals surface area contributed by atoms with Gasteiger partial charge in [0.15, 0.2) is 0 Å². The van der Waals surface area contributed by atoms with Crippen molar-refractivity contribution in [1.29, 1.82) is 0 Å². The maximum absolute atomic E-state index is 12.7. The highest BCUT2D eigenvalue weighted by Crippen LogP contribution is 2.18. The highest BCUT2D eigenvalue weighted by molar-refractivity contribution is 7.13. The first-order valence-electron chi connectivity index (χ1n) is 7.72. The van der Waals surface area contributed by atoms with E-state index < -0.39 is 0 Å². The van der Waals surface area contributed by atoms with Gasteiger partial charge >= 0.3 is 0 Å². The number of nitrogens with zero attached hydrogens (tertiary/aromatic N) is 2. The molecule has 118 valence electrons. The Morgan fingerprint density at radius 2 is 2.09 bits per heavy atom. The molecular formula is C17H23N3OS. The van der Waals surface area contributed by atoms with Crippen molar-refractivity contribution in [2.45, 2.75) is 32.7 Å². The van der Waals surface area contributed by atoms with Gasteiger partial charge in [0.25, 0.3) is 5.91 Å². The average molecular weight is 317 g/mol. The number of amides is 1. The summed E-state index contributed by atoms with van der Waals surface area (Å²) >= 11 is 1.50. The van der Waals surface area contributed by atoms with Gasteiger partial charge in [-0.15, -0.1) is 11.3 Å². The number of nitrogens with two attached hydrogens (primary N) is 1. The molecule has 2 rings (SSSR count). The van der Waals surface area contributed by atoms with Gasteiger partial charge in [-0.3, -0.25) is 4.79 Å². The molecule has 5 heteroatoms. The summed E-state index contributed by atoms with van der Waals surface area (Å²) in [4.78, 5) is 19.7. The predicted octanol–water partition coefficient (Wildman–Crippen LogP) is 3.09. The zero-order valence-electron chi connectivity index (χ0n) is 13.0. The van der Waals surface area contributed by atoms with Crippen molar-refractivity contribution in [2.24, 2.45) is 5.73 Å². The van der Waals surface area contributed by atoms with Crippen LogP contribution in [0.15, 0.2) is 36.5 Å². The van der Waals surface area contributed by atoms with Gasteiger partial charge in [-0.2, -0.15) is 0 Å². The molecule has 0 fully saturated rings. The summed E-state index contributed by atoms with van der Waals surface area (Å²) in [5, 5.41) is 1.03. The number of thiazole rings is 1. The minimum Gasteiger partial charge on any atom is -0.334 e. The fourth-order valence-electron chi connectivity index (χ4n) is 2.23. The van der Waals surface area contributed by atoms with Gasteiger partial charge in [0, 0.05) is 13.1 Å². The first-order chi connectivity index (χ1) is 10.7. The minimum absolute atomic E-state index is 0.0529. The summed E-state index contributed by atoms with van der Waals surface area (Å²) in [6, 6.07) is 10.0. The van der Waals surface area contributed by atoms with Crippen LogP contribution in [0.1, 0.15) is 40.0 Å². The van der Waals surface area contributed by atoms with Crippen LogP contribution in [0.3, 0.4) is 0 Å². The molecule has 0 atom stereocenters. The predicted molar refractivity (Wildman–Crippen MR) is 91.0 cm³/mol. The van der Waals surface area contributed by atoms with E-state index in [1.54, 1.807) is 6.20 Å². The molecule has 4 nitrogen and oxygen atoms in total. The minimum atomic E-state index is 0.0529. The Morgan fingerprint density at radius 1 is 1.32 bits per heavy atom. The molecule has 2 aromatic rings. The molecule has 0 aliphatic rings. The molecule has 0 radical (unpaired) electrons. The molecular weight excluding hydrogens is 294 g/mol. The Balaban J connectivity index is 2.10. The molecule has 1 aromatic carbocycles. The summed E-state index contributed by atoms with van der Waals surface area (Å²) < 4.78 is 0. The first-order valence-corrected chi connectivity index (χ1v) is 8.54. The van der Waals surface area contributed by atoms with Crippen LogP contribution in [0.4, 0.5) is 0 Å². The number of aromatic nitrogens is 1. The summed E-state index contributed by atoms with van der Waals surface area (Å²) in [5.74, 6) is 0.0529. The Bertz CT molecular complexity index is 583. The topological polar surface area (TPSA) is 59.2 Å². The van der Waals surface area contributed by atoms with E-state index >= 15 is 0 Å². The van der Waals surface area contributed by atoms with Crippen molar-refractivity contribution in [3.8, 4) is 0 Å². The van der Waals surface area contributed by atoms with E-state index in [1.165, 1.54) is 11.3 Å². The fourth-order valence-corrected chi connectivity index (χ4v) is 3.22. The van der Waals surface area contributed by atoms with Crippen LogP contribution >= 0.6 is 11.3 Å². The lowest BCUT2D eigenvalue weighted by Crippen LogP contribution is -2.32. The van der Waals surface area contributed by atoms with Crippen LogP contribution in [0.25, 0.3) is 0 Å². The standard InChI is InChI=1S/C17H23N3OS/c1-2-7-16-19-12-15(22-16)17(21)20(11-6-10-18)13-14-8-4-3-5-9-14/h3-5,8-9,12H,2,6-7,10-11,13,18H2,1H3. The van der Waals surface area contributed by atoms with Gasteiger partial charge in [0.05, 0.1) is 11.2 Å². The van der Waals surface area contributed by atoms with Crippen LogP contribution in [-0.4, -0.2) is 28.9 Å². The van der Waals surface area contributed by atoms with Gasteiger partial charge in [0.1, 0.15) is 4.88 Å². The second-order valence-corrected chi connectivity index (χ2v) is 6.34. The number of benzene rings is 1. The van der Waals surface area contributed by atoms with Gasteiger partial charge in [-0.1, -0.05) is 37.3 Å². The Kier molecular flexibility index (Phi) is 6.55. The van der Waals surface area contributed by atoms with Crippen LogP contribution in [0.2, 0.25) is 0 Å². The van der Waals surface area contributed by atoms with E-state index in [-0.39, 0.29) is 5.91 Å².